The fourth-order valence-electron chi connectivity index (χ4n) is 1.49. The highest BCUT2D eigenvalue weighted by Crippen LogP contribution is 2.09. The van der Waals surface area contributed by atoms with E-state index in [-0.39, 0.29) is 0 Å². The number of hydrogen-bond acceptors (Lipinski definition) is 1. The van der Waals surface area contributed by atoms with E-state index in [1.807, 2.05) is 0 Å². The number of ether oxygens (including phenoxy) is 1. The second kappa shape index (κ2) is 6.74. The van der Waals surface area contributed by atoms with Crippen LogP contribution >= 0.6 is 0 Å². The van der Waals surface area contributed by atoms with Crippen molar-refractivity contribution in [2.45, 2.75) is 43.9 Å². The van der Waals surface area contributed by atoms with Gasteiger partial charge in [0.1, 0.15) is 0 Å². The molecule has 0 radical (unpaired) electrons. The molecule has 0 bridgehead atoms. The molecule has 0 aliphatic carbocycles. The Balaban J connectivity index is 2.07. The molecular weight excluding hydrogens is 180 g/mol. The second-order valence-electron chi connectivity index (χ2n) is 3.48. The molecule has 0 spiro atoms. The van der Waals surface area contributed by atoms with Crippen LogP contribution in [0.1, 0.15) is 32.1 Å². The van der Waals surface area contributed by atoms with Gasteiger partial charge in [-0.15, -0.1) is 5.67 Å². The van der Waals surface area contributed by atoms with E-state index in [0.29, 0.717) is 14.9 Å². The summed E-state index contributed by atoms with van der Waals surface area (Å²) < 4.78 is 5.67. The number of rotatable bonds is 4. The summed E-state index contributed by atoms with van der Waals surface area (Å²) in [6, 6.07) is 1.46. The van der Waals surface area contributed by atoms with E-state index in [4.69, 9.17) is 4.74 Å². The van der Waals surface area contributed by atoms with Crippen LogP contribution in [0.4, 0.5) is 0 Å². The lowest BCUT2D eigenvalue weighted by atomic mass is 10.2. The zero-order valence-electron chi connectivity index (χ0n) is 8.09. The van der Waals surface area contributed by atoms with E-state index in [9.17, 15) is 0 Å². The van der Waals surface area contributed by atoms with Crippen LogP contribution in [0.5, 0.6) is 0 Å². The van der Waals surface area contributed by atoms with Crippen molar-refractivity contribution >= 4 is 25.0 Å². The summed E-state index contributed by atoms with van der Waals surface area (Å²) in [6.45, 7) is 1.02. The Morgan fingerprint density at radius 1 is 1.50 bits per heavy atom. The van der Waals surface area contributed by atoms with Crippen molar-refractivity contribution in [3.05, 3.63) is 0 Å². The fourth-order valence-corrected chi connectivity index (χ4v) is 3.30. The molecule has 3 heteroatoms. The van der Waals surface area contributed by atoms with Crippen molar-refractivity contribution < 1.29 is 4.74 Å². The van der Waals surface area contributed by atoms with Crippen LogP contribution in [0.2, 0.25) is 6.04 Å². The number of unbranched alkanes of at least 4 members (excludes halogenated alkanes) is 1. The Bertz CT molecular complexity index is 130. The first-order valence-corrected chi connectivity index (χ1v) is 7.96. The summed E-state index contributed by atoms with van der Waals surface area (Å²) in [5, 5.41) is 0. The molecule has 1 aliphatic rings. The first-order valence-electron chi connectivity index (χ1n) is 5.21. The van der Waals surface area contributed by atoms with E-state index in [1.165, 1.54) is 48.4 Å². The third-order valence-corrected chi connectivity index (χ3v) is 4.56. The maximum Gasteiger partial charge on any atom is 0.0590 e. The van der Waals surface area contributed by atoms with Gasteiger partial charge in [-0.1, -0.05) is 12.5 Å². The Morgan fingerprint density at radius 2 is 2.42 bits per heavy atom. The molecule has 1 atom stereocenters. The van der Waals surface area contributed by atoms with Crippen LogP contribution in [0, 0.1) is 0 Å². The summed E-state index contributed by atoms with van der Waals surface area (Å²) >= 11 is 0. The second-order valence-corrected chi connectivity index (χ2v) is 6.08. The van der Waals surface area contributed by atoms with Gasteiger partial charge < -0.3 is 4.74 Å². The summed E-state index contributed by atoms with van der Waals surface area (Å²) in [5.74, 6) is 0. The maximum atomic E-state index is 5.67. The predicted octanol–water partition coefficient (Wildman–Crippen LogP) is 0.316. The molecule has 0 aromatic heterocycles. The monoisotopic (exact) mass is 200 g/mol. The van der Waals surface area contributed by atoms with Gasteiger partial charge >= 0.3 is 0 Å². The van der Waals surface area contributed by atoms with Gasteiger partial charge in [-0.3, -0.25) is 0 Å². The van der Waals surface area contributed by atoms with Crippen LogP contribution in [-0.4, -0.2) is 37.4 Å². The van der Waals surface area contributed by atoms with Crippen molar-refractivity contribution in [2.75, 3.05) is 6.61 Å². The van der Waals surface area contributed by atoms with Gasteiger partial charge in [-0.25, -0.2) is 0 Å². The van der Waals surface area contributed by atoms with E-state index >= 15 is 0 Å². The smallest absolute Gasteiger partial charge is 0.0590 e. The van der Waals surface area contributed by atoms with Crippen molar-refractivity contribution in [2.24, 2.45) is 0 Å². The van der Waals surface area contributed by atoms with Crippen LogP contribution in [0.15, 0.2) is 0 Å². The van der Waals surface area contributed by atoms with Gasteiger partial charge in [-0.2, -0.15) is 0 Å². The highest BCUT2D eigenvalue weighted by atomic mass is 28.2. The zero-order valence-corrected chi connectivity index (χ0v) is 11.2. The standard InChI is InChI=1S/C9H20OSi2/c11-7-3-4-8-12-9-5-1-2-6-10-9/h8-9,12H,1-7H2,11H3. The van der Waals surface area contributed by atoms with E-state index in [0.717, 1.165) is 6.61 Å². The molecule has 12 heavy (non-hydrogen) atoms. The molecule has 1 unspecified atom stereocenters. The first-order chi connectivity index (χ1) is 5.93. The summed E-state index contributed by atoms with van der Waals surface area (Å²) in [6.07, 6.45) is 6.78. The molecule has 0 N–H and O–H groups in total. The molecule has 1 saturated heterocycles. The van der Waals surface area contributed by atoms with Gasteiger partial charge in [0.05, 0.1) is 5.73 Å². The van der Waals surface area contributed by atoms with Crippen LogP contribution in [0.25, 0.3) is 0 Å². The summed E-state index contributed by atoms with van der Waals surface area (Å²) in [7, 11) is 1.86. The van der Waals surface area contributed by atoms with E-state index in [1.54, 1.807) is 0 Å². The molecular formula is C9H20OSi2. The normalized spacial score (nSPS) is 25.2. The highest BCUT2D eigenvalue weighted by molar-refractivity contribution is 6.48. The van der Waals surface area contributed by atoms with Crippen molar-refractivity contribution in [1.82, 2.24) is 0 Å². The van der Waals surface area contributed by atoms with Crippen LogP contribution in [0.3, 0.4) is 0 Å². The Morgan fingerprint density at radius 3 is 3.08 bits per heavy atom. The number of hydrogen-bond donors (Lipinski definition) is 0. The van der Waals surface area contributed by atoms with Gasteiger partial charge in [0.15, 0.2) is 0 Å². The molecule has 1 heterocycles. The van der Waals surface area contributed by atoms with Crippen molar-refractivity contribution in [3.8, 4) is 0 Å². The summed E-state index contributed by atoms with van der Waals surface area (Å²) in [5.41, 5.74) is 3.15. The Labute approximate surface area is 80.8 Å². The average molecular weight is 200 g/mol. The van der Waals surface area contributed by atoms with Gasteiger partial charge in [0.25, 0.3) is 0 Å². The molecule has 70 valence electrons. The lowest BCUT2D eigenvalue weighted by molar-refractivity contribution is 0.0669. The van der Waals surface area contributed by atoms with Crippen LogP contribution in [-0.2, 0) is 4.74 Å². The fraction of sp³-hybridized carbons (Fsp3) is 0.889. The maximum absolute atomic E-state index is 5.67. The molecule has 0 saturated carbocycles. The average Bonchev–Trinajstić information content (AvgIpc) is 2.14. The largest absolute Gasteiger partial charge is 0.378 e. The minimum atomic E-state index is 0.486. The Hall–Kier alpha value is 0.264. The highest BCUT2D eigenvalue weighted by Gasteiger charge is 2.09. The minimum Gasteiger partial charge on any atom is -0.378 e. The third-order valence-electron chi connectivity index (χ3n) is 2.29. The summed E-state index contributed by atoms with van der Waals surface area (Å²) in [4.78, 5) is 0. The molecule has 1 rings (SSSR count). The lowest BCUT2D eigenvalue weighted by Gasteiger charge is -2.19. The van der Waals surface area contributed by atoms with Gasteiger partial charge in [0, 0.05) is 26.0 Å². The van der Waals surface area contributed by atoms with Gasteiger partial charge in [0.2, 0.25) is 0 Å². The topological polar surface area (TPSA) is 9.23 Å². The molecule has 0 aromatic rings. The van der Waals surface area contributed by atoms with Crippen molar-refractivity contribution in [1.29, 1.82) is 0 Å². The van der Waals surface area contributed by atoms with E-state index < -0.39 is 0 Å². The SMILES string of the molecule is [SiH3]CCCC=[SiH]C1CCCCO1. The molecule has 0 amide bonds. The first kappa shape index (κ1) is 10.3. The zero-order chi connectivity index (χ0) is 8.65. The lowest BCUT2D eigenvalue weighted by Crippen LogP contribution is -2.22. The quantitative estimate of drug-likeness (QED) is 0.469. The molecule has 0 aromatic carbocycles. The van der Waals surface area contributed by atoms with Crippen LogP contribution < -0.4 is 0 Å². The molecule has 1 aliphatic heterocycles. The minimum absolute atomic E-state index is 0.486. The molecule has 1 nitrogen and oxygen atoms in total. The third kappa shape index (κ3) is 4.33. The molecule has 1 fully saturated rings. The van der Waals surface area contributed by atoms with E-state index in [2.05, 4.69) is 5.67 Å². The predicted molar refractivity (Wildman–Crippen MR) is 60.8 cm³/mol. The Kier molecular flexibility index (Phi) is 5.81. The van der Waals surface area contributed by atoms with Crippen molar-refractivity contribution in [3.63, 3.8) is 0 Å². The van der Waals surface area contributed by atoms with Gasteiger partial charge in [-0.05, 0) is 25.7 Å².